The number of carbonyl (C=O) groups is 2. The molecule has 3 amide bonds. The molecule has 1 aliphatic rings. The summed E-state index contributed by atoms with van der Waals surface area (Å²) in [5, 5.41) is 2.99. The van der Waals surface area contributed by atoms with E-state index in [9.17, 15) is 9.59 Å². The molecular formula is C19H29N3O2. The van der Waals surface area contributed by atoms with Crippen molar-refractivity contribution in [2.75, 3.05) is 32.7 Å². The first-order chi connectivity index (χ1) is 11.6. The van der Waals surface area contributed by atoms with Crippen LogP contribution in [0.2, 0.25) is 0 Å². The second kappa shape index (κ2) is 9.30. The Morgan fingerprint density at radius 3 is 2.42 bits per heavy atom. The van der Waals surface area contributed by atoms with Crippen LogP contribution in [0.15, 0.2) is 30.3 Å². The molecule has 1 fully saturated rings. The standard InChI is InChI=1S/C19H29N3O2/c1-16(2)15-18(23)21-11-6-12-22(14-13-21)19(24)20-10-9-17-7-4-3-5-8-17/h3-5,7-8,16H,6,9-15H2,1-2H3,(H,20,24). The van der Waals surface area contributed by atoms with Gasteiger partial charge in [0.2, 0.25) is 5.91 Å². The molecule has 0 aliphatic carbocycles. The van der Waals surface area contributed by atoms with Gasteiger partial charge in [-0.3, -0.25) is 4.79 Å². The summed E-state index contributed by atoms with van der Waals surface area (Å²) < 4.78 is 0. The highest BCUT2D eigenvalue weighted by Gasteiger charge is 2.22. The van der Waals surface area contributed by atoms with Crippen molar-refractivity contribution >= 4 is 11.9 Å². The average molecular weight is 331 g/mol. The van der Waals surface area contributed by atoms with Gasteiger partial charge in [-0.25, -0.2) is 4.79 Å². The first-order valence-electron chi connectivity index (χ1n) is 8.90. The number of amides is 3. The Bertz CT molecular complexity index is 531. The lowest BCUT2D eigenvalue weighted by Crippen LogP contribution is -2.43. The number of hydrogen-bond acceptors (Lipinski definition) is 2. The normalized spacial score (nSPS) is 15.3. The summed E-state index contributed by atoms with van der Waals surface area (Å²) in [6.07, 6.45) is 2.26. The number of nitrogens with one attached hydrogen (secondary N) is 1. The first kappa shape index (κ1) is 18.3. The van der Waals surface area contributed by atoms with Gasteiger partial charge in [-0.05, 0) is 24.3 Å². The number of carbonyl (C=O) groups excluding carboxylic acids is 2. The Balaban J connectivity index is 1.74. The Labute approximate surface area is 145 Å². The van der Waals surface area contributed by atoms with E-state index in [1.54, 1.807) is 0 Å². The van der Waals surface area contributed by atoms with Crippen molar-refractivity contribution in [1.29, 1.82) is 0 Å². The molecule has 5 heteroatoms. The predicted octanol–water partition coefficient (Wildman–Crippen LogP) is 2.52. The molecule has 24 heavy (non-hydrogen) atoms. The van der Waals surface area contributed by atoms with Crippen molar-refractivity contribution in [3.05, 3.63) is 35.9 Å². The van der Waals surface area contributed by atoms with E-state index in [-0.39, 0.29) is 11.9 Å². The molecule has 0 atom stereocenters. The Kier molecular flexibility index (Phi) is 7.09. The predicted molar refractivity (Wildman–Crippen MR) is 95.8 cm³/mol. The van der Waals surface area contributed by atoms with Crippen LogP contribution in [-0.2, 0) is 11.2 Å². The molecule has 1 aromatic rings. The van der Waals surface area contributed by atoms with Gasteiger partial charge in [-0.2, -0.15) is 0 Å². The SMILES string of the molecule is CC(C)CC(=O)N1CCCN(C(=O)NCCc2ccccc2)CC1. The largest absolute Gasteiger partial charge is 0.341 e. The molecule has 1 aromatic carbocycles. The summed E-state index contributed by atoms with van der Waals surface area (Å²) in [7, 11) is 0. The summed E-state index contributed by atoms with van der Waals surface area (Å²) >= 11 is 0. The highest BCUT2D eigenvalue weighted by atomic mass is 16.2. The topological polar surface area (TPSA) is 52.7 Å². The fraction of sp³-hybridized carbons (Fsp3) is 0.579. The van der Waals surface area contributed by atoms with Gasteiger partial charge >= 0.3 is 6.03 Å². The lowest BCUT2D eigenvalue weighted by atomic mass is 10.1. The number of urea groups is 1. The minimum Gasteiger partial charge on any atom is -0.341 e. The maximum atomic E-state index is 12.3. The van der Waals surface area contributed by atoms with Gasteiger partial charge < -0.3 is 15.1 Å². The molecule has 0 radical (unpaired) electrons. The molecule has 5 nitrogen and oxygen atoms in total. The zero-order chi connectivity index (χ0) is 17.4. The van der Waals surface area contributed by atoms with Crippen molar-refractivity contribution in [3.63, 3.8) is 0 Å². The lowest BCUT2D eigenvalue weighted by Gasteiger charge is -2.23. The van der Waals surface area contributed by atoms with Crippen molar-refractivity contribution in [1.82, 2.24) is 15.1 Å². The molecule has 2 rings (SSSR count). The van der Waals surface area contributed by atoms with Crippen molar-refractivity contribution < 1.29 is 9.59 Å². The third-order valence-corrected chi connectivity index (χ3v) is 4.25. The minimum atomic E-state index is -0.0240. The zero-order valence-electron chi connectivity index (χ0n) is 14.8. The summed E-state index contributed by atoms with van der Waals surface area (Å²) in [5.74, 6) is 0.578. The molecule has 1 N–H and O–H groups in total. The van der Waals surface area contributed by atoms with Gasteiger partial charge in [0.05, 0.1) is 0 Å². The third kappa shape index (κ3) is 5.87. The Hall–Kier alpha value is -2.04. The van der Waals surface area contributed by atoms with Gasteiger partial charge in [-0.15, -0.1) is 0 Å². The van der Waals surface area contributed by atoms with Crippen molar-refractivity contribution in [3.8, 4) is 0 Å². The van der Waals surface area contributed by atoms with E-state index in [2.05, 4.69) is 31.3 Å². The van der Waals surface area contributed by atoms with E-state index in [4.69, 9.17) is 0 Å². The second-order valence-electron chi connectivity index (χ2n) is 6.79. The average Bonchev–Trinajstić information content (AvgIpc) is 2.81. The van der Waals surface area contributed by atoms with Crippen LogP contribution in [0.5, 0.6) is 0 Å². The molecular weight excluding hydrogens is 302 g/mol. The monoisotopic (exact) mass is 331 g/mol. The number of benzene rings is 1. The van der Waals surface area contributed by atoms with Gasteiger partial charge in [0, 0.05) is 39.1 Å². The van der Waals surface area contributed by atoms with Crippen LogP contribution < -0.4 is 5.32 Å². The van der Waals surface area contributed by atoms with E-state index in [1.807, 2.05) is 28.0 Å². The lowest BCUT2D eigenvalue weighted by molar-refractivity contribution is -0.131. The van der Waals surface area contributed by atoms with Crippen molar-refractivity contribution in [2.24, 2.45) is 5.92 Å². The Morgan fingerprint density at radius 2 is 1.71 bits per heavy atom. The van der Waals surface area contributed by atoms with Gasteiger partial charge in [0.25, 0.3) is 0 Å². The molecule has 0 spiro atoms. The van der Waals surface area contributed by atoms with Gasteiger partial charge in [-0.1, -0.05) is 44.2 Å². The van der Waals surface area contributed by atoms with Crippen LogP contribution in [0.1, 0.15) is 32.3 Å². The van der Waals surface area contributed by atoms with E-state index >= 15 is 0 Å². The molecule has 132 valence electrons. The quantitative estimate of drug-likeness (QED) is 0.901. The molecule has 1 saturated heterocycles. The van der Waals surface area contributed by atoms with Crippen molar-refractivity contribution in [2.45, 2.75) is 33.1 Å². The van der Waals surface area contributed by atoms with E-state index < -0.39 is 0 Å². The zero-order valence-corrected chi connectivity index (χ0v) is 14.8. The summed E-state index contributed by atoms with van der Waals surface area (Å²) in [5.41, 5.74) is 1.22. The molecule has 1 aliphatic heterocycles. The molecule has 0 bridgehead atoms. The smallest absolute Gasteiger partial charge is 0.317 e. The maximum Gasteiger partial charge on any atom is 0.317 e. The highest BCUT2D eigenvalue weighted by Crippen LogP contribution is 2.09. The summed E-state index contributed by atoms with van der Waals surface area (Å²) in [6.45, 7) is 7.46. The van der Waals surface area contributed by atoms with Crippen LogP contribution in [0.4, 0.5) is 4.79 Å². The highest BCUT2D eigenvalue weighted by molar-refractivity contribution is 5.77. The van der Waals surface area contributed by atoms with E-state index in [1.165, 1.54) is 5.56 Å². The fourth-order valence-corrected chi connectivity index (χ4v) is 2.92. The van der Waals surface area contributed by atoms with E-state index in [0.29, 0.717) is 38.5 Å². The molecule has 1 heterocycles. The number of nitrogens with zero attached hydrogens (tertiary/aromatic N) is 2. The molecule has 0 saturated carbocycles. The second-order valence-corrected chi connectivity index (χ2v) is 6.79. The third-order valence-electron chi connectivity index (χ3n) is 4.25. The number of rotatable bonds is 5. The van der Waals surface area contributed by atoms with Crippen LogP contribution in [0.3, 0.4) is 0 Å². The summed E-state index contributed by atoms with van der Waals surface area (Å²) in [4.78, 5) is 28.2. The van der Waals surface area contributed by atoms with Crippen LogP contribution >= 0.6 is 0 Å². The number of hydrogen-bond donors (Lipinski definition) is 1. The van der Waals surface area contributed by atoms with Crippen LogP contribution in [-0.4, -0.2) is 54.5 Å². The Morgan fingerprint density at radius 1 is 1.04 bits per heavy atom. The first-order valence-corrected chi connectivity index (χ1v) is 8.90. The van der Waals surface area contributed by atoms with Gasteiger partial charge in [0.15, 0.2) is 0 Å². The van der Waals surface area contributed by atoms with Gasteiger partial charge in [0.1, 0.15) is 0 Å². The van der Waals surface area contributed by atoms with E-state index in [0.717, 1.165) is 19.4 Å². The molecule has 0 aromatic heterocycles. The van der Waals surface area contributed by atoms with Crippen LogP contribution in [0, 0.1) is 5.92 Å². The minimum absolute atomic E-state index is 0.0240. The molecule has 0 unspecified atom stereocenters. The fourth-order valence-electron chi connectivity index (χ4n) is 2.92. The summed E-state index contributed by atoms with van der Waals surface area (Å²) in [6, 6.07) is 10.1. The van der Waals surface area contributed by atoms with Crippen LogP contribution in [0.25, 0.3) is 0 Å². The maximum absolute atomic E-state index is 12.3.